The summed E-state index contributed by atoms with van der Waals surface area (Å²) >= 11 is 1.31. The molecular weight excluding hydrogens is 322 g/mol. The van der Waals surface area contributed by atoms with Crippen LogP contribution in [0, 0.1) is 20.8 Å². The number of aryl methyl sites for hydroxylation is 3. The van der Waals surface area contributed by atoms with Gasteiger partial charge in [0.05, 0.1) is 0 Å². The van der Waals surface area contributed by atoms with Gasteiger partial charge in [0.25, 0.3) is 5.91 Å². The van der Waals surface area contributed by atoms with Crippen molar-refractivity contribution in [3.63, 3.8) is 0 Å². The van der Waals surface area contributed by atoms with E-state index in [2.05, 4.69) is 11.9 Å². The minimum atomic E-state index is -0.0763. The van der Waals surface area contributed by atoms with Crippen LogP contribution in [-0.4, -0.2) is 40.6 Å². The number of thiazole rings is 1. The molecule has 0 unspecified atom stereocenters. The summed E-state index contributed by atoms with van der Waals surface area (Å²) < 4.78 is 1.78. The molecule has 24 heavy (non-hydrogen) atoms. The lowest BCUT2D eigenvalue weighted by Gasteiger charge is -2.09. The van der Waals surface area contributed by atoms with Crippen LogP contribution in [0.5, 0.6) is 0 Å². The Labute approximate surface area is 144 Å². The first kappa shape index (κ1) is 16.4. The Balaban J connectivity index is 2.23. The van der Waals surface area contributed by atoms with E-state index in [0.29, 0.717) is 21.2 Å². The van der Waals surface area contributed by atoms with Gasteiger partial charge < -0.3 is 4.90 Å². The highest BCUT2D eigenvalue weighted by Gasteiger charge is 2.23. The van der Waals surface area contributed by atoms with Crippen molar-refractivity contribution >= 4 is 28.5 Å². The van der Waals surface area contributed by atoms with Crippen molar-refractivity contribution in [2.45, 2.75) is 20.8 Å². The topological polar surface area (TPSA) is 54.7 Å². The summed E-state index contributed by atoms with van der Waals surface area (Å²) in [6, 6.07) is 6.04. The molecule has 2 heterocycles. The SMILES string of the molecule is Cc1ccc(-c2nc3sc(C(=O)N(C)C)c(C)n3c2C=O)cc1C. The van der Waals surface area contributed by atoms with Crippen molar-refractivity contribution in [1.29, 1.82) is 0 Å². The van der Waals surface area contributed by atoms with E-state index in [1.807, 2.05) is 32.0 Å². The van der Waals surface area contributed by atoms with E-state index < -0.39 is 0 Å². The first-order valence-corrected chi connectivity index (χ1v) is 8.43. The van der Waals surface area contributed by atoms with Crippen LogP contribution in [0.3, 0.4) is 0 Å². The van der Waals surface area contributed by atoms with E-state index >= 15 is 0 Å². The normalized spacial score (nSPS) is 11.0. The lowest BCUT2D eigenvalue weighted by Crippen LogP contribution is -2.21. The summed E-state index contributed by atoms with van der Waals surface area (Å²) in [5, 5.41) is 0. The van der Waals surface area contributed by atoms with Crippen molar-refractivity contribution in [3.05, 3.63) is 45.6 Å². The van der Waals surface area contributed by atoms with E-state index in [1.165, 1.54) is 21.8 Å². The molecule has 0 fully saturated rings. The van der Waals surface area contributed by atoms with Gasteiger partial charge in [0, 0.05) is 25.4 Å². The average Bonchev–Trinajstić information content (AvgIpc) is 3.06. The van der Waals surface area contributed by atoms with Gasteiger partial charge in [-0.15, -0.1) is 0 Å². The number of carbonyl (C=O) groups excluding carboxylic acids is 2. The quantitative estimate of drug-likeness (QED) is 0.685. The van der Waals surface area contributed by atoms with Crippen molar-refractivity contribution in [2.24, 2.45) is 0 Å². The van der Waals surface area contributed by atoms with Crippen LogP contribution in [0.1, 0.15) is 37.0 Å². The molecule has 1 amide bonds. The van der Waals surface area contributed by atoms with Gasteiger partial charge in [-0.05, 0) is 38.0 Å². The van der Waals surface area contributed by atoms with Gasteiger partial charge in [-0.1, -0.05) is 23.5 Å². The second-order valence-corrected chi connectivity index (χ2v) is 7.07. The molecule has 0 saturated heterocycles. The first-order valence-electron chi connectivity index (χ1n) is 7.61. The number of aldehydes is 1. The van der Waals surface area contributed by atoms with Crippen LogP contribution in [0.25, 0.3) is 16.2 Å². The Bertz CT molecular complexity index is 966. The highest BCUT2D eigenvalue weighted by atomic mass is 32.1. The lowest BCUT2D eigenvalue weighted by atomic mass is 10.0. The monoisotopic (exact) mass is 341 g/mol. The molecule has 1 aromatic carbocycles. The summed E-state index contributed by atoms with van der Waals surface area (Å²) in [4.78, 5) is 31.4. The van der Waals surface area contributed by atoms with Crippen LogP contribution in [-0.2, 0) is 0 Å². The van der Waals surface area contributed by atoms with E-state index in [9.17, 15) is 9.59 Å². The molecule has 2 aromatic heterocycles. The third-order valence-corrected chi connectivity index (χ3v) is 5.36. The maximum atomic E-state index is 12.3. The van der Waals surface area contributed by atoms with Crippen LogP contribution in [0.4, 0.5) is 0 Å². The summed E-state index contributed by atoms with van der Waals surface area (Å²) in [5.41, 5.74) is 5.16. The number of amides is 1. The van der Waals surface area contributed by atoms with Crippen molar-refractivity contribution < 1.29 is 9.59 Å². The third-order valence-electron chi connectivity index (χ3n) is 4.23. The number of rotatable bonds is 3. The smallest absolute Gasteiger partial charge is 0.265 e. The molecule has 3 rings (SSSR count). The largest absolute Gasteiger partial charge is 0.344 e. The van der Waals surface area contributed by atoms with Crippen molar-refractivity contribution in [1.82, 2.24) is 14.3 Å². The molecule has 0 bridgehead atoms. The van der Waals surface area contributed by atoms with Gasteiger partial charge in [0.15, 0.2) is 11.2 Å². The number of imidazole rings is 1. The predicted molar refractivity (Wildman–Crippen MR) is 96.1 cm³/mol. The molecule has 0 aliphatic carbocycles. The third kappa shape index (κ3) is 2.43. The number of aromatic nitrogens is 2. The van der Waals surface area contributed by atoms with E-state index in [0.717, 1.165) is 23.1 Å². The van der Waals surface area contributed by atoms with E-state index in [-0.39, 0.29) is 5.91 Å². The van der Waals surface area contributed by atoms with E-state index in [4.69, 9.17) is 0 Å². The standard InChI is InChI=1S/C18H19N3O2S/c1-10-6-7-13(8-11(10)2)15-14(9-22)21-12(3)16(17(23)20(4)5)24-18(21)19-15/h6-9H,1-5H3. The fourth-order valence-corrected chi connectivity index (χ4v) is 3.84. The Hall–Kier alpha value is -2.47. The second-order valence-electron chi connectivity index (χ2n) is 6.10. The number of carbonyl (C=O) groups is 2. The zero-order chi connectivity index (χ0) is 17.6. The molecular formula is C18H19N3O2S. The minimum Gasteiger partial charge on any atom is -0.344 e. The van der Waals surface area contributed by atoms with Crippen LogP contribution in [0.15, 0.2) is 18.2 Å². The molecule has 0 radical (unpaired) electrons. The maximum absolute atomic E-state index is 12.3. The first-order chi connectivity index (χ1) is 11.3. The Kier molecular flexibility index (Phi) is 4.01. The molecule has 3 aromatic rings. The Morgan fingerprint density at radius 1 is 1.21 bits per heavy atom. The Morgan fingerprint density at radius 2 is 1.92 bits per heavy atom. The van der Waals surface area contributed by atoms with Gasteiger partial charge in [-0.25, -0.2) is 4.98 Å². The average molecular weight is 341 g/mol. The number of hydrogen-bond donors (Lipinski definition) is 0. The minimum absolute atomic E-state index is 0.0763. The Morgan fingerprint density at radius 3 is 2.50 bits per heavy atom. The molecule has 5 nitrogen and oxygen atoms in total. The molecule has 0 N–H and O–H groups in total. The zero-order valence-electron chi connectivity index (χ0n) is 14.4. The molecule has 0 saturated carbocycles. The molecule has 0 spiro atoms. The van der Waals surface area contributed by atoms with Gasteiger partial charge in [0.2, 0.25) is 0 Å². The van der Waals surface area contributed by atoms with Gasteiger partial charge in [-0.3, -0.25) is 14.0 Å². The highest BCUT2D eigenvalue weighted by molar-refractivity contribution is 7.19. The number of nitrogens with zero attached hydrogens (tertiary/aromatic N) is 3. The summed E-state index contributed by atoms with van der Waals surface area (Å²) in [6.07, 6.45) is 0.814. The number of benzene rings is 1. The van der Waals surface area contributed by atoms with Crippen molar-refractivity contribution in [3.8, 4) is 11.3 Å². The zero-order valence-corrected chi connectivity index (χ0v) is 15.2. The summed E-state index contributed by atoms with van der Waals surface area (Å²) in [7, 11) is 3.43. The van der Waals surface area contributed by atoms with Gasteiger partial charge in [-0.2, -0.15) is 0 Å². The van der Waals surface area contributed by atoms with Crippen LogP contribution >= 0.6 is 11.3 Å². The fourth-order valence-electron chi connectivity index (χ4n) is 2.68. The highest BCUT2D eigenvalue weighted by Crippen LogP contribution is 2.31. The summed E-state index contributed by atoms with van der Waals surface area (Å²) in [5.74, 6) is -0.0763. The second kappa shape index (κ2) is 5.87. The molecule has 6 heteroatoms. The van der Waals surface area contributed by atoms with Gasteiger partial charge in [0.1, 0.15) is 16.3 Å². The summed E-state index contributed by atoms with van der Waals surface area (Å²) in [6.45, 7) is 5.94. The maximum Gasteiger partial charge on any atom is 0.265 e. The molecule has 124 valence electrons. The van der Waals surface area contributed by atoms with Crippen LogP contribution < -0.4 is 0 Å². The number of hydrogen-bond acceptors (Lipinski definition) is 4. The fraction of sp³-hybridized carbons (Fsp3) is 0.278. The van der Waals surface area contributed by atoms with E-state index in [1.54, 1.807) is 18.5 Å². The molecule has 0 atom stereocenters. The predicted octanol–water partition coefficient (Wildman–Crippen LogP) is 3.50. The number of fused-ring (bicyclic) bond motifs is 1. The van der Waals surface area contributed by atoms with Gasteiger partial charge >= 0.3 is 0 Å². The lowest BCUT2D eigenvalue weighted by molar-refractivity contribution is 0.0831. The van der Waals surface area contributed by atoms with Crippen molar-refractivity contribution in [2.75, 3.05) is 14.1 Å². The molecule has 0 aliphatic rings. The van der Waals surface area contributed by atoms with Crippen LogP contribution in [0.2, 0.25) is 0 Å². The molecule has 0 aliphatic heterocycles.